The van der Waals surface area contributed by atoms with Crippen molar-refractivity contribution in [2.24, 2.45) is 5.41 Å². The molecule has 0 atom stereocenters. The van der Waals surface area contributed by atoms with Gasteiger partial charge in [0.05, 0.1) is 12.4 Å². The number of ether oxygens (including phenoxy) is 1. The summed E-state index contributed by atoms with van der Waals surface area (Å²) in [5, 5.41) is 0. The second kappa shape index (κ2) is 6.05. The van der Waals surface area contributed by atoms with E-state index >= 15 is 0 Å². The van der Waals surface area contributed by atoms with Crippen LogP contribution >= 0.6 is 0 Å². The molecular weight excluding hydrogens is 228 g/mol. The molecule has 0 spiro atoms. The molecule has 17 heavy (non-hydrogen) atoms. The van der Waals surface area contributed by atoms with Crippen molar-refractivity contribution < 1.29 is 9.16 Å². The van der Waals surface area contributed by atoms with E-state index in [2.05, 4.69) is 39.6 Å². The van der Waals surface area contributed by atoms with E-state index in [-0.39, 0.29) is 5.41 Å². The fourth-order valence-electron chi connectivity index (χ4n) is 1.68. The van der Waals surface area contributed by atoms with Gasteiger partial charge in [0, 0.05) is 18.4 Å². The molecule has 0 radical (unpaired) electrons. The summed E-state index contributed by atoms with van der Waals surface area (Å²) in [5.74, 6) is 1.19. The largest absolute Gasteiger partial charge is 0.498 e. The summed E-state index contributed by atoms with van der Waals surface area (Å²) >= 11 is 0. The Kier molecular flexibility index (Phi) is 5.26. The van der Waals surface area contributed by atoms with Gasteiger partial charge in [-0.3, -0.25) is 0 Å². The molecule has 0 aromatic rings. The van der Waals surface area contributed by atoms with Gasteiger partial charge in [-0.05, 0) is 45.0 Å². The molecule has 2 nitrogen and oxygen atoms in total. The van der Waals surface area contributed by atoms with Crippen molar-refractivity contribution in [3.8, 4) is 0 Å². The van der Waals surface area contributed by atoms with Crippen LogP contribution in [0.1, 0.15) is 39.5 Å². The maximum atomic E-state index is 5.97. The van der Waals surface area contributed by atoms with E-state index in [1.54, 1.807) is 0 Å². The maximum absolute atomic E-state index is 5.97. The molecule has 1 aliphatic rings. The highest BCUT2D eigenvalue weighted by Gasteiger charge is 2.24. The highest BCUT2D eigenvalue weighted by molar-refractivity contribution is 6.69. The van der Waals surface area contributed by atoms with Gasteiger partial charge < -0.3 is 9.16 Å². The lowest BCUT2D eigenvalue weighted by Gasteiger charge is -2.29. The van der Waals surface area contributed by atoms with Gasteiger partial charge in [0.1, 0.15) is 0 Å². The molecule has 0 aromatic carbocycles. The third-order valence-electron chi connectivity index (χ3n) is 2.79. The minimum atomic E-state index is -1.41. The van der Waals surface area contributed by atoms with Crippen molar-refractivity contribution in [3.63, 3.8) is 0 Å². The molecule has 3 heteroatoms. The number of allylic oxidation sites excluding steroid dienone is 2. The van der Waals surface area contributed by atoms with E-state index in [0.29, 0.717) is 0 Å². The molecule has 0 aliphatic heterocycles. The zero-order valence-electron chi connectivity index (χ0n) is 12.1. The summed E-state index contributed by atoms with van der Waals surface area (Å²) in [6, 6.07) is 0. The molecular formula is C14H28O2Si. The maximum Gasteiger partial charge on any atom is 0.183 e. The van der Waals surface area contributed by atoms with E-state index in [0.717, 1.165) is 19.6 Å². The molecule has 0 bridgehead atoms. The van der Waals surface area contributed by atoms with Gasteiger partial charge in [-0.2, -0.15) is 0 Å². The normalized spacial score (nSPS) is 17.8. The van der Waals surface area contributed by atoms with Crippen LogP contribution < -0.4 is 0 Å². The Bertz CT molecular complexity index is 264. The van der Waals surface area contributed by atoms with Crippen molar-refractivity contribution >= 4 is 8.32 Å². The monoisotopic (exact) mass is 256 g/mol. The first-order chi connectivity index (χ1) is 7.79. The second-order valence-electron chi connectivity index (χ2n) is 6.77. The molecule has 1 aliphatic carbocycles. The molecule has 1 rings (SSSR count). The summed E-state index contributed by atoms with van der Waals surface area (Å²) in [6.07, 6.45) is 7.14. The Labute approximate surface area is 108 Å². The van der Waals surface area contributed by atoms with Gasteiger partial charge >= 0.3 is 0 Å². The van der Waals surface area contributed by atoms with Crippen LogP contribution in [0.15, 0.2) is 11.8 Å². The van der Waals surface area contributed by atoms with E-state index in [9.17, 15) is 0 Å². The minimum absolute atomic E-state index is 0.110. The third kappa shape index (κ3) is 6.89. The lowest BCUT2D eigenvalue weighted by Crippen LogP contribution is -2.34. The average Bonchev–Trinajstić information content (AvgIpc) is 2.25. The Morgan fingerprint density at radius 3 is 2.41 bits per heavy atom. The lowest BCUT2D eigenvalue weighted by atomic mass is 9.96. The minimum Gasteiger partial charge on any atom is -0.498 e. The Balaban J connectivity index is 2.30. The smallest absolute Gasteiger partial charge is 0.183 e. The van der Waals surface area contributed by atoms with E-state index in [4.69, 9.17) is 9.16 Å². The van der Waals surface area contributed by atoms with Crippen molar-refractivity contribution in [2.75, 3.05) is 13.2 Å². The molecule has 0 saturated carbocycles. The first-order valence-electron chi connectivity index (χ1n) is 6.74. The van der Waals surface area contributed by atoms with E-state index < -0.39 is 8.32 Å². The summed E-state index contributed by atoms with van der Waals surface area (Å²) in [6.45, 7) is 12.7. The topological polar surface area (TPSA) is 18.5 Å². The van der Waals surface area contributed by atoms with Crippen molar-refractivity contribution in [1.82, 2.24) is 0 Å². The van der Waals surface area contributed by atoms with E-state index in [1.165, 1.54) is 25.0 Å². The highest BCUT2D eigenvalue weighted by Crippen LogP contribution is 2.24. The van der Waals surface area contributed by atoms with Crippen LogP contribution in [-0.2, 0) is 9.16 Å². The van der Waals surface area contributed by atoms with Gasteiger partial charge in [0.25, 0.3) is 0 Å². The first kappa shape index (κ1) is 14.8. The summed E-state index contributed by atoms with van der Waals surface area (Å²) in [4.78, 5) is 0. The number of hydrogen-bond donors (Lipinski definition) is 0. The third-order valence-corrected chi connectivity index (χ3v) is 3.80. The van der Waals surface area contributed by atoms with Crippen LogP contribution in [-0.4, -0.2) is 21.5 Å². The summed E-state index contributed by atoms with van der Waals surface area (Å²) < 4.78 is 11.9. The predicted octanol–water partition coefficient (Wildman–Crippen LogP) is 4.34. The second-order valence-corrected chi connectivity index (χ2v) is 11.3. The SMILES string of the molecule is CC(C)(COC1=CCCCC1)CO[Si](C)(C)C. The van der Waals surface area contributed by atoms with Gasteiger partial charge in [-0.25, -0.2) is 0 Å². The molecule has 0 N–H and O–H groups in total. The van der Waals surface area contributed by atoms with Crippen molar-refractivity contribution in [1.29, 1.82) is 0 Å². The summed E-state index contributed by atoms with van der Waals surface area (Å²) in [5.41, 5.74) is 0.110. The van der Waals surface area contributed by atoms with Gasteiger partial charge in [-0.15, -0.1) is 0 Å². The Morgan fingerprint density at radius 1 is 1.18 bits per heavy atom. The predicted molar refractivity (Wildman–Crippen MR) is 75.6 cm³/mol. The number of rotatable bonds is 6. The fraction of sp³-hybridized carbons (Fsp3) is 0.857. The van der Waals surface area contributed by atoms with Crippen LogP contribution in [0.3, 0.4) is 0 Å². The lowest BCUT2D eigenvalue weighted by molar-refractivity contribution is 0.0640. The van der Waals surface area contributed by atoms with Crippen LogP contribution in [0, 0.1) is 5.41 Å². The average molecular weight is 256 g/mol. The van der Waals surface area contributed by atoms with Gasteiger partial charge in [0.2, 0.25) is 0 Å². The van der Waals surface area contributed by atoms with Crippen LogP contribution in [0.2, 0.25) is 19.6 Å². The molecule has 0 amide bonds. The van der Waals surface area contributed by atoms with Crippen molar-refractivity contribution in [3.05, 3.63) is 11.8 Å². The first-order valence-corrected chi connectivity index (χ1v) is 10.2. The summed E-state index contributed by atoms with van der Waals surface area (Å²) in [7, 11) is -1.41. The quantitative estimate of drug-likeness (QED) is 0.658. The molecule has 0 fully saturated rings. The fourth-order valence-corrected chi connectivity index (χ4v) is 2.51. The zero-order valence-corrected chi connectivity index (χ0v) is 13.1. The molecule has 0 aromatic heterocycles. The van der Waals surface area contributed by atoms with Crippen LogP contribution in [0.5, 0.6) is 0 Å². The molecule has 0 saturated heterocycles. The van der Waals surface area contributed by atoms with Gasteiger partial charge in [0.15, 0.2) is 8.32 Å². The van der Waals surface area contributed by atoms with Crippen molar-refractivity contribution in [2.45, 2.75) is 59.2 Å². The molecule has 0 unspecified atom stereocenters. The Morgan fingerprint density at radius 2 is 1.88 bits per heavy atom. The zero-order chi connectivity index (χ0) is 12.9. The number of hydrogen-bond acceptors (Lipinski definition) is 2. The molecule has 0 heterocycles. The van der Waals surface area contributed by atoms with Gasteiger partial charge in [-0.1, -0.05) is 13.8 Å². The van der Waals surface area contributed by atoms with Crippen LogP contribution in [0.25, 0.3) is 0 Å². The molecule has 100 valence electrons. The van der Waals surface area contributed by atoms with Crippen LogP contribution in [0.4, 0.5) is 0 Å². The van der Waals surface area contributed by atoms with E-state index in [1.807, 2.05) is 0 Å². The highest BCUT2D eigenvalue weighted by atomic mass is 28.4. The standard InChI is InChI=1S/C14H28O2Si/c1-14(2,12-16-17(3,4)5)11-15-13-9-7-6-8-10-13/h9H,6-8,10-12H2,1-5H3. The Hall–Kier alpha value is -0.283.